The van der Waals surface area contributed by atoms with Crippen molar-refractivity contribution in [1.29, 1.82) is 0 Å². The highest BCUT2D eigenvalue weighted by atomic mass is 16.2. The van der Waals surface area contributed by atoms with E-state index in [1.165, 1.54) is 19.3 Å². The van der Waals surface area contributed by atoms with Gasteiger partial charge in [0.25, 0.3) is 5.91 Å². The monoisotopic (exact) mass is 273 g/mol. The Labute approximate surface area is 122 Å². The van der Waals surface area contributed by atoms with Crippen molar-refractivity contribution < 1.29 is 9.82 Å². The second-order valence-corrected chi connectivity index (χ2v) is 5.73. The third-order valence-electron chi connectivity index (χ3n) is 4.20. The lowest BCUT2D eigenvalue weighted by Crippen LogP contribution is -2.34. The molecule has 1 aromatic carbocycles. The van der Waals surface area contributed by atoms with Gasteiger partial charge in [-0.1, -0.05) is 43.8 Å². The molecule has 1 aliphatic carbocycles. The van der Waals surface area contributed by atoms with Crippen molar-refractivity contribution in [3.63, 3.8) is 0 Å². The average Bonchev–Trinajstić information content (AvgIpc) is 2.44. The first-order valence-corrected chi connectivity index (χ1v) is 7.73. The van der Waals surface area contributed by atoms with Gasteiger partial charge >= 0.3 is 7.48 Å². The number of hydrogen-bond acceptors (Lipinski definition) is 2. The summed E-state index contributed by atoms with van der Waals surface area (Å²) in [5.41, 5.74) is 1.57. The third kappa shape index (κ3) is 3.86. The fourth-order valence-corrected chi connectivity index (χ4v) is 2.64. The molecule has 0 spiro atoms. The molecule has 0 aromatic heterocycles. The normalized spacial score (nSPS) is 14.7. The van der Waals surface area contributed by atoms with Gasteiger partial charge in [-0.2, -0.15) is 0 Å². The van der Waals surface area contributed by atoms with E-state index in [0.717, 1.165) is 42.9 Å². The molecule has 20 heavy (non-hydrogen) atoms. The van der Waals surface area contributed by atoms with E-state index >= 15 is 0 Å². The average molecular weight is 273 g/mol. The topological polar surface area (TPSA) is 40.5 Å². The van der Waals surface area contributed by atoms with Crippen molar-refractivity contribution in [2.45, 2.75) is 39.0 Å². The maximum Gasteiger partial charge on any atom is 0.304 e. The van der Waals surface area contributed by atoms with Gasteiger partial charge in [0.1, 0.15) is 0 Å². The first-order chi connectivity index (χ1) is 9.74. The van der Waals surface area contributed by atoms with Gasteiger partial charge in [-0.25, -0.2) is 0 Å². The van der Waals surface area contributed by atoms with Crippen molar-refractivity contribution in [3.8, 4) is 0 Å². The number of nitrogens with zero attached hydrogens (tertiary/aromatic N) is 1. The van der Waals surface area contributed by atoms with E-state index in [9.17, 15) is 4.79 Å². The summed E-state index contributed by atoms with van der Waals surface area (Å²) in [5.74, 6) is 0.953. The Kier molecular flexibility index (Phi) is 5.65. The van der Waals surface area contributed by atoms with E-state index in [1.54, 1.807) is 0 Å². The summed E-state index contributed by atoms with van der Waals surface area (Å²) < 4.78 is 0. The van der Waals surface area contributed by atoms with Crippen LogP contribution in [-0.2, 0) is 0 Å². The minimum Gasteiger partial charge on any atom is -0.449 e. The number of hydrogen-bond donors (Lipinski definition) is 1. The molecule has 4 heteroatoms. The van der Waals surface area contributed by atoms with Gasteiger partial charge in [-0.15, -0.1) is 0 Å². The summed E-state index contributed by atoms with van der Waals surface area (Å²) in [5, 5.41) is 9.04. The van der Waals surface area contributed by atoms with Gasteiger partial charge in [-0.05, 0) is 30.9 Å². The molecule has 1 amide bonds. The number of rotatable bonds is 7. The van der Waals surface area contributed by atoms with Crippen molar-refractivity contribution in [1.82, 2.24) is 4.90 Å². The molecule has 3 nitrogen and oxygen atoms in total. The van der Waals surface area contributed by atoms with Crippen LogP contribution in [0, 0.1) is 5.92 Å². The Morgan fingerprint density at radius 1 is 1.30 bits per heavy atom. The van der Waals surface area contributed by atoms with Crippen LogP contribution in [0.15, 0.2) is 24.3 Å². The molecule has 0 bridgehead atoms. The van der Waals surface area contributed by atoms with Crippen LogP contribution in [0.25, 0.3) is 0 Å². The van der Waals surface area contributed by atoms with E-state index in [2.05, 4.69) is 6.92 Å². The predicted molar refractivity (Wildman–Crippen MR) is 83.6 cm³/mol. The molecule has 0 unspecified atom stereocenters. The fraction of sp³-hybridized carbons (Fsp3) is 0.562. The van der Waals surface area contributed by atoms with E-state index in [1.807, 2.05) is 29.2 Å². The second-order valence-electron chi connectivity index (χ2n) is 5.73. The maximum absolute atomic E-state index is 12.5. The second kappa shape index (κ2) is 7.48. The Morgan fingerprint density at radius 2 is 2.00 bits per heavy atom. The predicted octanol–water partition coefficient (Wildman–Crippen LogP) is 1.70. The summed E-state index contributed by atoms with van der Waals surface area (Å²) in [6.45, 7) is 3.81. The molecule has 0 heterocycles. The van der Waals surface area contributed by atoms with Crippen molar-refractivity contribution in [2.75, 3.05) is 13.1 Å². The number of carbonyl (C=O) groups is 1. The molecule has 0 saturated heterocycles. The molecular weight excluding hydrogens is 249 g/mol. The molecule has 1 N–H and O–H groups in total. The minimum absolute atomic E-state index is 0.0226. The molecule has 0 atom stereocenters. The minimum atomic E-state index is 0.0226. The Hall–Kier alpha value is -1.29. The number of amides is 1. The maximum atomic E-state index is 12.5. The van der Waals surface area contributed by atoms with E-state index in [0.29, 0.717) is 0 Å². The van der Waals surface area contributed by atoms with Crippen LogP contribution in [0.2, 0.25) is 0 Å². The highest BCUT2D eigenvalue weighted by Gasteiger charge is 2.20. The Bertz CT molecular complexity index is 429. The van der Waals surface area contributed by atoms with Crippen LogP contribution in [0.5, 0.6) is 0 Å². The van der Waals surface area contributed by atoms with Crippen LogP contribution in [0.1, 0.15) is 49.4 Å². The zero-order valence-electron chi connectivity index (χ0n) is 12.3. The van der Waals surface area contributed by atoms with Crippen LogP contribution in [0.3, 0.4) is 0 Å². The van der Waals surface area contributed by atoms with Crippen LogP contribution in [-0.4, -0.2) is 36.4 Å². The lowest BCUT2D eigenvalue weighted by Gasteiger charge is -2.29. The lowest BCUT2D eigenvalue weighted by atomic mass is 9.83. The van der Waals surface area contributed by atoms with Gasteiger partial charge < -0.3 is 9.92 Å². The molecule has 1 fully saturated rings. The molecule has 1 aromatic rings. The quantitative estimate of drug-likeness (QED) is 0.768. The third-order valence-corrected chi connectivity index (χ3v) is 4.20. The first kappa shape index (κ1) is 15.1. The molecule has 2 rings (SSSR count). The van der Waals surface area contributed by atoms with Crippen molar-refractivity contribution >= 4 is 18.9 Å². The zero-order chi connectivity index (χ0) is 14.4. The van der Waals surface area contributed by atoms with E-state index < -0.39 is 0 Å². The highest BCUT2D eigenvalue weighted by molar-refractivity contribution is 6.45. The molecule has 1 aliphatic rings. The number of carbonyl (C=O) groups excluding carboxylic acids is 1. The first-order valence-electron chi connectivity index (χ1n) is 7.73. The van der Waals surface area contributed by atoms with E-state index in [4.69, 9.17) is 5.02 Å². The van der Waals surface area contributed by atoms with Gasteiger partial charge in [-0.3, -0.25) is 4.79 Å². The summed E-state index contributed by atoms with van der Waals surface area (Å²) in [4.78, 5) is 14.5. The molecule has 1 saturated carbocycles. The van der Waals surface area contributed by atoms with Crippen LogP contribution >= 0.6 is 0 Å². The summed E-state index contributed by atoms with van der Waals surface area (Å²) >= 11 is 0. The standard InChI is InChI=1S/C16H24BNO2/c1-2-11-18(12-10-13-4-3-5-13)16(19)14-6-8-15(17-20)9-7-14/h6-9,13,17,20H,2-5,10-12H2,1H3. The number of benzene rings is 1. The molecule has 0 radical (unpaired) electrons. The Balaban J connectivity index is 1.96. The summed E-state index contributed by atoms with van der Waals surface area (Å²) in [6.07, 6.45) is 6.15. The van der Waals surface area contributed by atoms with Gasteiger partial charge in [0.2, 0.25) is 0 Å². The highest BCUT2D eigenvalue weighted by Crippen LogP contribution is 2.29. The van der Waals surface area contributed by atoms with Crippen LogP contribution < -0.4 is 5.46 Å². The van der Waals surface area contributed by atoms with Gasteiger partial charge in [0.15, 0.2) is 0 Å². The molecule has 0 aliphatic heterocycles. The largest absolute Gasteiger partial charge is 0.449 e. The fourth-order valence-electron chi connectivity index (χ4n) is 2.64. The van der Waals surface area contributed by atoms with Crippen LogP contribution in [0.4, 0.5) is 0 Å². The summed E-state index contributed by atoms with van der Waals surface area (Å²) in [6, 6.07) is 7.28. The molecular formula is C16H24BNO2. The molecule has 108 valence electrons. The van der Waals surface area contributed by atoms with Gasteiger partial charge in [0, 0.05) is 18.7 Å². The van der Waals surface area contributed by atoms with Crippen molar-refractivity contribution in [2.24, 2.45) is 5.92 Å². The Morgan fingerprint density at radius 3 is 2.50 bits per heavy atom. The van der Waals surface area contributed by atoms with E-state index in [-0.39, 0.29) is 13.4 Å². The van der Waals surface area contributed by atoms with Crippen molar-refractivity contribution in [3.05, 3.63) is 29.8 Å². The lowest BCUT2D eigenvalue weighted by molar-refractivity contribution is 0.0737. The SMILES string of the molecule is CCCN(CCC1CCC1)C(=O)c1ccc(BO)cc1. The smallest absolute Gasteiger partial charge is 0.304 e. The summed E-state index contributed by atoms with van der Waals surface area (Å²) in [7, 11) is 0.0226. The van der Waals surface area contributed by atoms with Gasteiger partial charge in [0.05, 0.1) is 0 Å². The zero-order valence-corrected chi connectivity index (χ0v) is 12.3.